The van der Waals surface area contributed by atoms with Gasteiger partial charge in [0.1, 0.15) is 5.82 Å². The number of nitrogens with two attached hydrogens (primary N) is 1. The summed E-state index contributed by atoms with van der Waals surface area (Å²) in [5.41, 5.74) is 6.72. The van der Waals surface area contributed by atoms with Crippen molar-refractivity contribution < 1.29 is 0 Å². The lowest BCUT2D eigenvalue weighted by molar-refractivity contribution is 0.644. The van der Waals surface area contributed by atoms with Gasteiger partial charge in [0.05, 0.1) is 0 Å². The molecule has 0 atom stereocenters. The van der Waals surface area contributed by atoms with E-state index < -0.39 is 0 Å². The zero-order valence-electron chi connectivity index (χ0n) is 11.0. The third-order valence-electron chi connectivity index (χ3n) is 3.45. The average molecular weight is 290 g/mol. The van der Waals surface area contributed by atoms with Gasteiger partial charge in [0.2, 0.25) is 0 Å². The Morgan fingerprint density at radius 3 is 2.35 bits per heavy atom. The van der Waals surface area contributed by atoms with Crippen LogP contribution in [0.5, 0.6) is 0 Å². The van der Waals surface area contributed by atoms with Crippen molar-refractivity contribution in [2.75, 3.05) is 41.7 Å². The minimum absolute atomic E-state index is 0.450. The van der Waals surface area contributed by atoms with Crippen LogP contribution in [-0.2, 0) is 0 Å². The van der Waals surface area contributed by atoms with E-state index >= 15 is 0 Å². The van der Waals surface area contributed by atoms with Gasteiger partial charge in [0, 0.05) is 36.9 Å². The SMILES string of the molecule is Nc1ccc(N2CCN(c3cccc(Cl)c3)CC2)nn1. The molecular formula is C14H16ClN5. The normalized spacial score (nSPS) is 15.4. The van der Waals surface area contributed by atoms with Gasteiger partial charge in [-0.25, -0.2) is 0 Å². The first-order valence-electron chi connectivity index (χ1n) is 6.57. The molecule has 0 unspecified atom stereocenters. The van der Waals surface area contributed by atoms with Crippen LogP contribution in [-0.4, -0.2) is 36.4 Å². The molecule has 1 saturated heterocycles. The number of nitrogens with zero attached hydrogens (tertiary/aromatic N) is 4. The molecule has 2 N–H and O–H groups in total. The Labute approximate surface area is 123 Å². The second-order valence-corrected chi connectivity index (χ2v) is 5.21. The van der Waals surface area contributed by atoms with Gasteiger partial charge in [0.25, 0.3) is 0 Å². The molecule has 6 heteroatoms. The topological polar surface area (TPSA) is 58.3 Å². The molecule has 0 amide bonds. The molecule has 1 aromatic carbocycles. The molecule has 0 saturated carbocycles. The Morgan fingerprint density at radius 2 is 1.70 bits per heavy atom. The van der Waals surface area contributed by atoms with Crippen molar-refractivity contribution in [2.24, 2.45) is 0 Å². The maximum Gasteiger partial charge on any atom is 0.151 e. The van der Waals surface area contributed by atoms with Crippen LogP contribution in [0.4, 0.5) is 17.3 Å². The zero-order chi connectivity index (χ0) is 13.9. The Kier molecular flexibility index (Phi) is 3.60. The summed E-state index contributed by atoms with van der Waals surface area (Å²) in [6, 6.07) is 11.7. The van der Waals surface area contributed by atoms with Crippen LogP contribution in [0, 0.1) is 0 Å². The predicted molar refractivity (Wildman–Crippen MR) is 82.3 cm³/mol. The summed E-state index contributed by atoms with van der Waals surface area (Å²) in [6.07, 6.45) is 0. The quantitative estimate of drug-likeness (QED) is 0.917. The highest BCUT2D eigenvalue weighted by atomic mass is 35.5. The van der Waals surface area contributed by atoms with E-state index in [9.17, 15) is 0 Å². The van der Waals surface area contributed by atoms with E-state index in [0.29, 0.717) is 5.82 Å². The summed E-state index contributed by atoms with van der Waals surface area (Å²) in [4.78, 5) is 4.54. The highest BCUT2D eigenvalue weighted by Crippen LogP contribution is 2.22. The number of anilines is 3. The van der Waals surface area contributed by atoms with Crippen LogP contribution in [0.1, 0.15) is 0 Å². The minimum Gasteiger partial charge on any atom is -0.382 e. The number of hydrogen-bond donors (Lipinski definition) is 1. The average Bonchev–Trinajstić information content (AvgIpc) is 2.48. The Hall–Kier alpha value is -2.01. The van der Waals surface area contributed by atoms with Crippen molar-refractivity contribution in [1.29, 1.82) is 0 Å². The summed E-state index contributed by atoms with van der Waals surface area (Å²) in [7, 11) is 0. The van der Waals surface area contributed by atoms with Crippen molar-refractivity contribution >= 4 is 28.9 Å². The first-order valence-corrected chi connectivity index (χ1v) is 6.95. The van der Waals surface area contributed by atoms with Crippen molar-refractivity contribution in [3.63, 3.8) is 0 Å². The lowest BCUT2D eigenvalue weighted by Gasteiger charge is -2.36. The van der Waals surface area contributed by atoms with E-state index in [1.807, 2.05) is 24.3 Å². The fourth-order valence-corrected chi connectivity index (χ4v) is 2.56. The molecule has 20 heavy (non-hydrogen) atoms. The molecule has 1 aromatic heterocycles. The smallest absolute Gasteiger partial charge is 0.151 e. The van der Waals surface area contributed by atoms with Crippen molar-refractivity contribution in [3.05, 3.63) is 41.4 Å². The number of nitrogen functional groups attached to an aromatic ring is 1. The van der Waals surface area contributed by atoms with Crippen LogP contribution in [0.3, 0.4) is 0 Å². The molecule has 1 aliphatic heterocycles. The van der Waals surface area contributed by atoms with Gasteiger partial charge in [-0.2, -0.15) is 0 Å². The number of halogens is 1. The van der Waals surface area contributed by atoms with E-state index in [1.54, 1.807) is 6.07 Å². The fourth-order valence-electron chi connectivity index (χ4n) is 2.37. The fraction of sp³-hybridized carbons (Fsp3) is 0.286. The summed E-state index contributed by atoms with van der Waals surface area (Å²) in [5.74, 6) is 1.33. The predicted octanol–water partition coefficient (Wildman–Crippen LogP) is 2.04. The molecule has 0 bridgehead atoms. The third-order valence-corrected chi connectivity index (χ3v) is 3.68. The number of benzene rings is 1. The third kappa shape index (κ3) is 2.77. The lowest BCUT2D eigenvalue weighted by Crippen LogP contribution is -2.46. The van der Waals surface area contributed by atoms with Crippen molar-refractivity contribution in [3.8, 4) is 0 Å². The first kappa shape index (κ1) is 13.0. The molecule has 0 aliphatic carbocycles. The van der Waals surface area contributed by atoms with E-state index in [4.69, 9.17) is 17.3 Å². The van der Waals surface area contributed by atoms with Gasteiger partial charge in [-0.1, -0.05) is 17.7 Å². The molecule has 0 spiro atoms. The lowest BCUT2D eigenvalue weighted by atomic mass is 10.2. The van der Waals surface area contributed by atoms with Gasteiger partial charge in [-0.15, -0.1) is 10.2 Å². The number of rotatable bonds is 2. The van der Waals surface area contributed by atoms with Gasteiger partial charge in [-0.05, 0) is 30.3 Å². The molecule has 1 fully saturated rings. The van der Waals surface area contributed by atoms with Crippen LogP contribution >= 0.6 is 11.6 Å². The zero-order valence-corrected chi connectivity index (χ0v) is 11.8. The molecule has 3 rings (SSSR count). The van der Waals surface area contributed by atoms with E-state index in [0.717, 1.165) is 37.0 Å². The summed E-state index contributed by atoms with van der Waals surface area (Å²) in [6.45, 7) is 3.69. The maximum atomic E-state index is 6.04. The second kappa shape index (κ2) is 5.54. The highest BCUT2D eigenvalue weighted by molar-refractivity contribution is 6.30. The van der Waals surface area contributed by atoms with Gasteiger partial charge >= 0.3 is 0 Å². The second-order valence-electron chi connectivity index (χ2n) is 4.77. The van der Waals surface area contributed by atoms with Crippen LogP contribution < -0.4 is 15.5 Å². The van der Waals surface area contributed by atoms with Crippen LogP contribution in [0.25, 0.3) is 0 Å². The Bertz CT molecular complexity index is 578. The van der Waals surface area contributed by atoms with Crippen molar-refractivity contribution in [1.82, 2.24) is 10.2 Å². The molecule has 104 valence electrons. The monoisotopic (exact) mass is 289 g/mol. The molecule has 1 aliphatic rings. The maximum absolute atomic E-state index is 6.04. The highest BCUT2D eigenvalue weighted by Gasteiger charge is 2.18. The number of aromatic nitrogens is 2. The Balaban J connectivity index is 1.66. The minimum atomic E-state index is 0.450. The summed E-state index contributed by atoms with van der Waals surface area (Å²) >= 11 is 6.04. The van der Waals surface area contributed by atoms with Gasteiger partial charge in [-0.3, -0.25) is 0 Å². The van der Waals surface area contributed by atoms with Gasteiger partial charge in [0.15, 0.2) is 5.82 Å². The molecule has 2 heterocycles. The number of piperazine rings is 1. The molecular weight excluding hydrogens is 274 g/mol. The van der Waals surface area contributed by atoms with E-state index in [-0.39, 0.29) is 0 Å². The summed E-state index contributed by atoms with van der Waals surface area (Å²) < 4.78 is 0. The molecule has 0 radical (unpaired) electrons. The largest absolute Gasteiger partial charge is 0.382 e. The van der Waals surface area contributed by atoms with Gasteiger partial charge < -0.3 is 15.5 Å². The number of hydrogen-bond acceptors (Lipinski definition) is 5. The Morgan fingerprint density at radius 1 is 0.950 bits per heavy atom. The van der Waals surface area contributed by atoms with Crippen LogP contribution in [0.2, 0.25) is 5.02 Å². The van der Waals surface area contributed by atoms with Crippen LogP contribution in [0.15, 0.2) is 36.4 Å². The van der Waals surface area contributed by atoms with Crippen molar-refractivity contribution in [2.45, 2.75) is 0 Å². The van der Waals surface area contributed by atoms with E-state index in [1.165, 1.54) is 5.69 Å². The molecule has 2 aromatic rings. The first-order chi connectivity index (χ1) is 9.72. The summed E-state index contributed by atoms with van der Waals surface area (Å²) in [5, 5.41) is 8.80. The van der Waals surface area contributed by atoms with E-state index in [2.05, 4.69) is 26.1 Å². The molecule has 5 nitrogen and oxygen atoms in total. The standard InChI is InChI=1S/C14H16ClN5/c15-11-2-1-3-12(10-11)19-6-8-20(9-7-19)14-5-4-13(16)17-18-14/h1-5,10H,6-9H2,(H2,16,17).